The van der Waals surface area contributed by atoms with Crippen LogP contribution in [0.1, 0.15) is 22.8 Å². The average molecular weight is 345 g/mol. The third kappa shape index (κ3) is 2.54. The maximum absolute atomic E-state index is 12.6. The molecule has 1 aromatic heterocycles. The second-order valence-electron chi connectivity index (χ2n) is 5.49. The van der Waals surface area contributed by atoms with Crippen LogP contribution in [0.25, 0.3) is 0 Å². The van der Waals surface area contributed by atoms with Crippen molar-refractivity contribution in [3.8, 4) is 0 Å². The van der Waals surface area contributed by atoms with Crippen molar-refractivity contribution in [2.45, 2.75) is 24.8 Å². The summed E-state index contributed by atoms with van der Waals surface area (Å²) in [6.45, 7) is 3.21. The number of rotatable bonds is 3. The van der Waals surface area contributed by atoms with E-state index in [1.165, 1.54) is 31.3 Å². The molecule has 1 aromatic carbocycles. The summed E-state index contributed by atoms with van der Waals surface area (Å²) in [4.78, 5) is 28.7. The highest BCUT2D eigenvalue weighted by Crippen LogP contribution is 2.31. The lowest BCUT2D eigenvalue weighted by molar-refractivity contribution is -0.118. The predicted octanol–water partition coefficient (Wildman–Crippen LogP) is 1.56. The molecule has 0 aliphatic carbocycles. The predicted molar refractivity (Wildman–Crippen MR) is 86.9 cm³/mol. The summed E-state index contributed by atoms with van der Waals surface area (Å²) < 4.78 is 25.7. The molecule has 0 radical (unpaired) electrons. The Morgan fingerprint density at radius 1 is 1.25 bits per heavy atom. The molecule has 2 heterocycles. The number of nitrogens with one attached hydrogen (secondary N) is 1. The van der Waals surface area contributed by atoms with E-state index in [0.29, 0.717) is 10.1 Å². The molecule has 8 heteroatoms. The fourth-order valence-corrected chi connectivity index (χ4v) is 4.25. The van der Waals surface area contributed by atoms with Gasteiger partial charge in [-0.15, -0.1) is 0 Å². The maximum Gasteiger partial charge on any atom is 0.269 e. The number of carbonyl (C=O) groups is 2. The van der Waals surface area contributed by atoms with Crippen molar-refractivity contribution in [3.63, 3.8) is 0 Å². The minimum atomic E-state index is -4.04. The van der Waals surface area contributed by atoms with Crippen LogP contribution in [0.5, 0.6) is 0 Å². The molecule has 1 aliphatic heterocycles. The summed E-state index contributed by atoms with van der Waals surface area (Å²) >= 11 is 0. The summed E-state index contributed by atoms with van der Waals surface area (Å²) in [7, 11) is -4.04. The van der Waals surface area contributed by atoms with Gasteiger partial charge in [0.1, 0.15) is 16.8 Å². The molecule has 24 heavy (non-hydrogen) atoms. The number of hydrogen-bond donors (Lipinski definition) is 1. The standard InChI is InChI=1S/C16H15N3O4S/c1-10-7-8-17-14(9-10)18-15(20)11(2)19-16(21)12-5-3-4-6-13(12)24(19,22)23/h3-9,11H,1-2H3,(H,17,18,20)/t11-/m1/s1. The monoisotopic (exact) mass is 345 g/mol. The van der Waals surface area contributed by atoms with E-state index >= 15 is 0 Å². The first-order valence-corrected chi connectivity index (χ1v) is 8.67. The molecule has 0 bridgehead atoms. The first kappa shape index (κ1) is 16.1. The fraction of sp³-hybridized carbons (Fsp3) is 0.188. The van der Waals surface area contributed by atoms with Crippen LogP contribution in [-0.4, -0.2) is 35.6 Å². The number of benzene rings is 1. The van der Waals surface area contributed by atoms with Crippen molar-refractivity contribution in [3.05, 3.63) is 53.7 Å². The van der Waals surface area contributed by atoms with E-state index in [2.05, 4.69) is 10.3 Å². The second-order valence-corrected chi connectivity index (χ2v) is 7.27. The summed E-state index contributed by atoms with van der Waals surface area (Å²) in [5.74, 6) is -1.03. The molecule has 1 aliphatic rings. The molecule has 0 unspecified atom stereocenters. The highest BCUT2D eigenvalue weighted by molar-refractivity contribution is 7.90. The van der Waals surface area contributed by atoms with Crippen LogP contribution in [0, 0.1) is 6.92 Å². The molecular formula is C16H15N3O4S. The van der Waals surface area contributed by atoms with E-state index in [4.69, 9.17) is 0 Å². The maximum atomic E-state index is 12.6. The number of carbonyl (C=O) groups excluding carboxylic acids is 2. The molecule has 7 nitrogen and oxygen atoms in total. The Morgan fingerprint density at radius 3 is 2.62 bits per heavy atom. The molecule has 0 saturated heterocycles. The third-order valence-electron chi connectivity index (χ3n) is 3.75. The van der Waals surface area contributed by atoms with Crippen LogP contribution in [0.15, 0.2) is 47.5 Å². The molecule has 0 spiro atoms. The number of hydrogen-bond acceptors (Lipinski definition) is 5. The summed E-state index contributed by atoms with van der Waals surface area (Å²) in [5.41, 5.74) is 0.969. The van der Waals surface area contributed by atoms with Gasteiger partial charge in [0.25, 0.3) is 15.9 Å². The van der Waals surface area contributed by atoms with Crippen LogP contribution < -0.4 is 5.32 Å². The third-order valence-corrected chi connectivity index (χ3v) is 5.66. The van der Waals surface area contributed by atoms with Gasteiger partial charge in [0.15, 0.2) is 0 Å². The molecule has 2 amide bonds. The zero-order valence-corrected chi connectivity index (χ0v) is 13.9. The van der Waals surface area contributed by atoms with E-state index in [-0.39, 0.29) is 10.5 Å². The number of pyridine rings is 1. The van der Waals surface area contributed by atoms with Crippen molar-refractivity contribution in [2.24, 2.45) is 0 Å². The molecule has 3 rings (SSSR count). The molecule has 0 fully saturated rings. The van der Waals surface area contributed by atoms with Crippen LogP contribution in [0.2, 0.25) is 0 Å². The Labute approximate surface area is 139 Å². The molecule has 0 saturated carbocycles. The largest absolute Gasteiger partial charge is 0.309 e. The molecular weight excluding hydrogens is 330 g/mol. The summed E-state index contributed by atoms with van der Waals surface area (Å²) in [5, 5.41) is 2.54. The fourth-order valence-electron chi connectivity index (χ4n) is 2.53. The number of fused-ring (bicyclic) bond motifs is 1. The minimum Gasteiger partial charge on any atom is -0.309 e. The summed E-state index contributed by atoms with van der Waals surface area (Å²) in [6, 6.07) is 8.13. The van der Waals surface area contributed by atoms with E-state index < -0.39 is 27.9 Å². The van der Waals surface area contributed by atoms with Crippen LogP contribution in [0.4, 0.5) is 5.82 Å². The van der Waals surface area contributed by atoms with Gasteiger partial charge >= 0.3 is 0 Å². The van der Waals surface area contributed by atoms with Crippen LogP contribution in [0.3, 0.4) is 0 Å². The van der Waals surface area contributed by atoms with E-state index in [1.54, 1.807) is 18.2 Å². The van der Waals surface area contributed by atoms with Gasteiger partial charge in [-0.05, 0) is 43.7 Å². The molecule has 1 atom stereocenters. The van der Waals surface area contributed by atoms with Crippen molar-refractivity contribution >= 4 is 27.7 Å². The lowest BCUT2D eigenvalue weighted by Crippen LogP contribution is -2.45. The van der Waals surface area contributed by atoms with Crippen molar-refractivity contribution in [1.29, 1.82) is 0 Å². The van der Waals surface area contributed by atoms with E-state index in [0.717, 1.165) is 5.56 Å². The van der Waals surface area contributed by atoms with Crippen molar-refractivity contribution in [2.75, 3.05) is 5.32 Å². The zero-order chi connectivity index (χ0) is 17.5. The Bertz CT molecular complexity index is 940. The Morgan fingerprint density at radius 2 is 1.96 bits per heavy atom. The quantitative estimate of drug-likeness (QED) is 0.911. The zero-order valence-electron chi connectivity index (χ0n) is 13.1. The Hall–Kier alpha value is -2.74. The van der Waals surface area contributed by atoms with E-state index in [1.807, 2.05) is 6.92 Å². The normalized spacial score (nSPS) is 16.6. The van der Waals surface area contributed by atoms with Gasteiger partial charge in [0.2, 0.25) is 5.91 Å². The first-order chi connectivity index (χ1) is 11.3. The van der Waals surface area contributed by atoms with Crippen LogP contribution >= 0.6 is 0 Å². The molecule has 1 N–H and O–H groups in total. The first-order valence-electron chi connectivity index (χ1n) is 7.23. The Balaban J connectivity index is 1.89. The van der Waals surface area contributed by atoms with Gasteiger partial charge in [-0.2, -0.15) is 0 Å². The van der Waals surface area contributed by atoms with Crippen molar-refractivity contribution in [1.82, 2.24) is 9.29 Å². The number of nitrogens with zero attached hydrogens (tertiary/aromatic N) is 2. The summed E-state index contributed by atoms with van der Waals surface area (Å²) in [6.07, 6.45) is 1.53. The SMILES string of the molecule is Cc1ccnc(NC(=O)[C@@H](C)N2C(=O)c3ccccc3S2(=O)=O)c1. The minimum absolute atomic E-state index is 0.0748. The van der Waals surface area contributed by atoms with Crippen LogP contribution in [-0.2, 0) is 14.8 Å². The van der Waals surface area contributed by atoms with Gasteiger partial charge in [-0.1, -0.05) is 12.1 Å². The highest BCUT2D eigenvalue weighted by Gasteiger charge is 2.45. The van der Waals surface area contributed by atoms with Crippen molar-refractivity contribution < 1.29 is 18.0 Å². The van der Waals surface area contributed by atoms with Gasteiger partial charge in [-0.3, -0.25) is 9.59 Å². The van der Waals surface area contributed by atoms with E-state index in [9.17, 15) is 18.0 Å². The number of aryl methyl sites for hydroxylation is 1. The highest BCUT2D eigenvalue weighted by atomic mass is 32.2. The Kier molecular flexibility index (Phi) is 3.84. The second kappa shape index (κ2) is 5.72. The number of aromatic nitrogens is 1. The van der Waals surface area contributed by atoms with Gasteiger partial charge < -0.3 is 5.32 Å². The lowest BCUT2D eigenvalue weighted by atomic mass is 10.2. The average Bonchev–Trinajstić information content (AvgIpc) is 2.74. The lowest BCUT2D eigenvalue weighted by Gasteiger charge is -2.22. The molecule has 2 aromatic rings. The number of sulfonamides is 1. The van der Waals surface area contributed by atoms with Gasteiger partial charge in [0.05, 0.1) is 5.56 Å². The topological polar surface area (TPSA) is 96.4 Å². The smallest absolute Gasteiger partial charge is 0.269 e. The number of amides is 2. The van der Waals surface area contributed by atoms with Gasteiger partial charge in [0, 0.05) is 6.20 Å². The number of anilines is 1. The molecule has 124 valence electrons. The van der Waals surface area contributed by atoms with Gasteiger partial charge in [-0.25, -0.2) is 17.7 Å².